The molecule has 0 radical (unpaired) electrons. The van der Waals surface area contributed by atoms with Crippen molar-refractivity contribution in [2.75, 3.05) is 0 Å². The Bertz CT molecular complexity index is 653. The zero-order chi connectivity index (χ0) is 14.2. The Labute approximate surface area is 121 Å². The van der Waals surface area contributed by atoms with Crippen LogP contribution in [0.15, 0.2) is 27.5 Å². The molecule has 0 unspecified atom stereocenters. The van der Waals surface area contributed by atoms with Crippen molar-refractivity contribution in [1.29, 1.82) is 0 Å². The van der Waals surface area contributed by atoms with E-state index < -0.39 is 0 Å². The number of halogens is 1. The monoisotopic (exact) mass is 322 g/mol. The van der Waals surface area contributed by atoms with Gasteiger partial charge in [-0.1, -0.05) is 26.0 Å². The first-order valence-corrected chi connectivity index (χ1v) is 7.26. The molecule has 0 atom stereocenters. The van der Waals surface area contributed by atoms with Crippen LogP contribution in [0.25, 0.3) is 5.69 Å². The first kappa shape index (κ1) is 14.1. The number of nitrogens with one attached hydrogen (secondary N) is 1. The lowest BCUT2D eigenvalue weighted by Gasteiger charge is -2.07. The van der Waals surface area contributed by atoms with E-state index in [4.69, 9.17) is 0 Å². The first-order chi connectivity index (χ1) is 8.90. The lowest BCUT2D eigenvalue weighted by molar-refractivity contribution is 0.626. The maximum Gasteiger partial charge on any atom is 0.285 e. The second-order valence-electron chi connectivity index (χ2n) is 5.43. The second kappa shape index (κ2) is 5.37. The van der Waals surface area contributed by atoms with Crippen LogP contribution in [0.5, 0.6) is 0 Å². The standard InChI is InChI=1S/C15H19BrN2O/c1-9(2)7-12-14(16)15(19)18(17-12)13-8-10(3)5-6-11(13)4/h5-6,8-9,17H,7H2,1-4H3. The lowest BCUT2D eigenvalue weighted by atomic mass is 10.1. The molecule has 0 amide bonds. The molecule has 0 aliphatic carbocycles. The SMILES string of the molecule is Cc1ccc(C)c(-n2[nH]c(CC(C)C)c(Br)c2=O)c1. The van der Waals surface area contributed by atoms with Crippen molar-refractivity contribution in [3.05, 3.63) is 49.8 Å². The number of hydrogen-bond donors (Lipinski definition) is 1. The Morgan fingerprint density at radius 3 is 2.63 bits per heavy atom. The fourth-order valence-corrected chi connectivity index (χ4v) is 2.56. The summed E-state index contributed by atoms with van der Waals surface area (Å²) in [6.45, 7) is 8.32. The third-order valence-electron chi connectivity index (χ3n) is 3.12. The summed E-state index contributed by atoms with van der Waals surface area (Å²) in [4.78, 5) is 12.3. The smallest absolute Gasteiger partial charge is 0.285 e. The maximum atomic E-state index is 12.3. The van der Waals surface area contributed by atoms with Crippen LogP contribution in [0.4, 0.5) is 0 Å². The number of H-pyrrole nitrogens is 1. The van der Waals surface area contributed by atoms with Crippen molar-refractivity contribution in [2.24, 2.45) is 5.92 Å². The summed E-state index contributed by atoms with van der Waals surface area (Å²) in [6.07, 6.45) is 0.855. The van der Waals surface area contributed by atoms with Crippen molar-refractivity contribution in [3.63, 3.8) is 0 Å². The van der Waals surface area contributed by atoms with Crippen LogP contribution in [0.2, 0.25) is 0 Å². The highest BCUT2D eigenvalue weighted by atomic mass is 79.9. The topological polar surface area (TPSA) is 37.8 Å². The average molecular weight is 323 g/mol. The molecule has 4 heteroatoms. The van der Waals surface area contributed by atoms with Crippen LogP contribution >= 0.6 is 15.9 Å². The molecule has 0 spiro atoms. The molecule has 0 saturated heterocycles. The molecule has 19 heavy (non-hydrogen) atoms. The fourth-order valence-electron chi connectivity index (χ4n) is 2.14. The summed E-state index contributed by atoms with van der Waals surface area (Å²) in [5.74, 6) is 0.501. The lowest BCUT2D eigenvalue weighted by Crippen LogP contribution is -2.15. The molecule has 0 aliphatic heterocycles. The Balaban J connectivity index is 2.57. The van der Waals surface area contributed by atoms with Crippen molar-refractivity contribution < 1.29 is 0 Å². The highest BCUT2D eigenvalue weighted by molar-refractivity contribution is 9.10. The number of aromatic nitrogens is 2. The molecule has 3 nitrogen and oxygen atoms in total. The minimum absolute atomic E-state index is 0.0237. The van der Waals surface area contributed by atoms with Crippen molar-refractivity contribution >= 4 is 15.9 Å². The van der Waals surface area contributed by atoms with E-state index in [2.05, 4.69) is 40.9 Å². The fraction of sp³-hybridized carbons (Fsp3) is 0.400. The largest absolute Gasteiger partial charge is 0.294 e. The van der Waals surface area contributed by atoms with Gasteiger partial charge in [0.25, 0.3) is 5.56 Å². The Hall–Kier alpha value is -1.29. The minimum Gasteiger partial charge on any atom is -0.294 e. The zero-order valence-corrected chi connectivity index (χ0v) is 13.3. The van der Waals surface area contributed by atoms with E-state index >= 15 is 0 Å². The number of hydrogen-bond acceptors (Lipinski definition) is 1. The second-order valence-corrected chi connectivity index (χ2v) is 6.23. The molecule has 2 aromatic rings. The van der Waals surface area contributed by atoms with Crippen LogP contribution in [0.3, 0.4) is 0 Å². The van der Waals surface area contributed by atoms with Gasteiger partial charge in [0, 0.05) is 0 Å². The zero-order valence-electron chi connectivity index (χ0n) is 11.7. The summed E-state index contributed by atoms with van der Waals surface area (Å²) >= 11 is 3.41. The number of nitrogens with zero attached hydrogens (tertiary/aromatic N) is 1. The quantitative estimate of drug-likeness (QED) is 0.918. The normalized spacial score (nSPS) is 11.3. The molecule has 1 N–H and O–H groups in total. The Kier molecular flexibility index (Phi) is 3.99. The molecular formula is C15H19BrN2O. The highest BCUT2D eigenvalue weighted by Crippen LogP contribution is 2.19. The molecule has 1 aromatic heterocycles. The first-order valence-electron chi connectivity index (χ1n) is 6.47. The molecule has 0 saturated carbocycles. The molecule has 0 bridgehead atoms. The predicted octanol–water partition coefficient (Wildman–Crippen LogP) is 3.74. The number of benzene rings is 1. The molecule has 0 fully saturated rings. The number of rotatable bonds is 3. The van der Waals surface area contributed by atoms with Gasteiger partial charge >= 0.3 is 0 Å². The average Bonchev–Trinajstić information content (AvgIpc) is 2.60. The van der Waals surface area contributed by atoms with Gasteiger partial charge < -0.3 is 0 Å². The van der Waals surface area contributed by atoms with Crippen LogP contribution in [0, 0.1) is 19.8 Å². The summed E-state index contributed by atoms with van der Waals surface area (Å²) in [6, 6.07) is 6.11. The van der Waals surface area contributed by atoms with Crippen molar-refractivity contribution in [3.8, 4) is 5.69 Å². The van der Waals surface area contributed by atoms with Gasteiger partial charge in [-0.3, -0.25) is 9.89 Å². The van der Waals surface area contributed by atoms with Crippen molar-refractivity contribution in [2.45, 2.75) is 34.1 Å². The third kappa shape index (κ3) is 2.84. The number of aromatic amines is 1. The Morgan fingerprint density at radius 1 is 1.32 bits per heavy atom. The molecule has 2 rings (SSSR count). The van der Waals surface area contributed by atoms with Gasteiger partial charge in [-0.25, -0.2) is 4.68 Å². The van der Waals surface area contributed by atoms with Gasteiger partial charge in [0.15, 0.2) is 0 Å². The molecule has 1 heterocycles. The summed E-state index contributed by atoms with van der Waals surface area (Å²) < 4.78 is 2.27. The minimum atomic E-state index is -0.0237. The van der Waals surface area contributed by atoms with Gasteiger partial charge in [-0.15, -0.1) is 0 Å². The van der Waals surface area contributed by atoms with E-state index in [1.165, 1.54) is 0 Å². The van der Waals surface area contributed by atoms with Gasteiger partial charge in [0.1, 0.15) is 4.47 Å². The van der Waals surface area contributed by atoms with Crippen molar-refractivity contribution in [1.82, 2.24) is 9.78 Å². The number of aryl methyl sites for hydroxylation is 2. The predicted molar refractivity (Wildman–Crippen MR) is 82.1 cm³/mol. The summed E-state index contributed by atoms with van der Waals surface area (Å²) in [5.41, 5.74) is 4.08. The summed E-state index contributed by atoms with van der Waals surface area (Å²) in [7, 11) is 0. The molecule has 0 aliphatic rings. The van der Waals surface area contributed by atoms with E-state index in [0.717, 1.165) is 28.9 Å². The van der Waals surface area contributed by atoms with E-state index in [9.17, 15) is 4.79 Å². The molecule has 102 valence electrons. The van der Waals surface area contributed by atoms with E-state index in [-0.39, 0.29) is 5.56 Å². The van der Waals surface area contributed by atoms with E-state index in [1.54, 1.807) is 4.68 Å². The molecular weight excluding hydrogens is 304 g/mol. The maximum absolute atomic E-state index is 12.3. The van der Waals surface area contributed by atoms with Gasteiger partial charge in [-0.2, -0.15) is 0 Å². The van der Waals surface area contributed by atoms with E-state index in [0.29, 0.717) is 10.4 Å². The van der Waals surface area contributed by atoms with Crippen LogP contribution in [0.1, 0.15) is 30.7 Å². The Morgan fingerprint density at radius 2 is 2.00 bits per heavy atom. The van der Waals surface area contributed by atoms with E-state index in [1.807, 2.05) is 26.0 Å². The van der Waals surface area contributed by atoms with Gasteiger partial charge in [-0.05, 0) is 59.3 Å². The molecule has 1 aromatic carbocycles. The third-order valence-corrected chi connectivity index (χ3v) is 3.94. The summed E-state index contributed by atoms with van der Waals surface area (Å²) in [5, 5.41) is 3.22. The van der Waals surface area contributed by atoms with Gasteiger partial charge in [0.05, 0.1) is 11.4 Å². The van der Waals surface area contributed by atoms with Crippen LogP contribution in [-0.2, 0) is 6.42 Å². The van der Waals surface area contributed by atoms with Crippen LogP contribution in [-0.4, -0.2) is 9.78 Å². The highest BCUT2D eigenvalue weighted by Gasteiger charge is 2.15. The van der Waals surface area contributed by atoms with Crippen LogP contribution < -0.4 is 5.56 Å². The van der Waals surface area contributed by atoms with Gasteiger partial charge in [0.2, 0.25) is 0 Å².